The number of aromatic nitrogens is 3. The Kier molecular flexibility index (Phi) is 5.06. The van der Waals surface area contributed by atoms with E-state index in [-0.39, 0.29) is 5.95 Å². The van der Waals surface area contributed by atoms with Crippen molar-refractivity contribution in [2.75, 3.05) is 5.43 Å². The fourth-order valence-corrected chi connectivity index (χ4v) is 2.99. The van der Waals surface area contributed by atoms with Gasteiger partial charge < -0.3 is 0 Å². The lowest BCUT2D eigenvalue weighted by molar-refractivity contribution is -0.137. The summed E-state index contributed by atoms with van der Waals surface area (Å²) >= 11 is 0. The second-order valence-corrected chi connectivity index (χ2v) is 6.95. The van der Waals surface area contributed by atoms with E-state index in [1.165, 1.54) is 6.20 Å². The Morgan fingerprint density at radius 1 is 1.00 bits per heavy atom. The third-order valence-electron chi connectivity index (χ3n) is 3.38. The van der Waals surface area contributed by atoms with Crippen LogP contribution in [0, 0.1) is 0 Å². The zero-order valence-electron chi connectivity index (χ0n) is 13.5. The van der Waals surface area contributed by atoms with Crippen molar-refractivity contribution in [3.05, 3.63) is 66.6 Å². The second kappa shape index (κ2) is 7.29. The third-order valence-corrected chi connectivity index (χ3v) is 4.63. The van der Waals surface area contributed by atoms with Crippen LogP contribution in [-0.2, 0) is 16.2 Å². The molecule has 0 saturated carbocycles. The number of rotatable bonds is 5. The van der Waals surface area contributed by atoms with Crippen LogP contribution in [-0.4, -0.2) is 23.4 Å². The minimum atomic E-state index is -4.65. The number of benzene rings is 1. The van der Waals surface area contributed by atoms with Gasteiger partial charge in [-0.25, -0.2) is 18.4 Å². The number of hydrogen-bond donors (Lipinski definition) is 2. The summed E-state index contributed by atoms with van der Waals surface area (Å²) in [5.74, 6) is -0.0769. The largest absolute Gasteiger partial charge is 0.416 e. The van der Waals surface area contributed by atoms with Crippen molar-refractivity contribution in [1.29, 1.82) is 0 Å². The zero-order chi connectivity index (χ0) is 19.5. The standard InChI is InChI=1S/C16H12F3N5O2S/c17-16(18,19)12-4-1-5-13(9-12)27(25,26)24-23-15-21-8-6-14(22-15)11-3-2-7-20-10-11/h1-10,24H,(H,21,22,23). The lowest BCUT2D eigenvalue weighted by Gasteiger charge is -2.11. The summed E-state index contributed by atoms with van der Waals surface area (Å²) in [7, 11) is -4.27. The van der Waals surface area contributed by atoms with Gasteiger partial charge in [0.05, 0.1) is 16.2 Å². The van der Waals surface area contributed by atoms with Gasteiger partial charge in [0, 0.05) is 24.2 Å². The molecule has 2 N–H and O–H groups in total. The molecule has 1 aromatic carbocycles. The van der Waals surface area contributed by atoms with Crippen LogP contribution in [0.3, 0.4) is 0 Å². The SMILES string of the molecule is O=S(=O)(NNc1nccc(-c2cccnc2)n1)c1cccc(C(F)(F)F)c1. The minimum Gasteiger partial charge on any atom is -0.276 e. The van der Waals surface area contributed by atoms with Gasteiger partial charge in [-0.2, -0.15) is 13.2 Å². The number of halogens is 3. The van der Waals surface area contributed by atoms with Crippen molar-refractivity contribution in [2.24, 2.45) is 0 Å². The van der Waals surface area contributed by atoms with Crippen molar-refractivity contribution >= 4 is 16.0 Å². The summed E-state index contributed by atoms with van der Waals surface area (Å²) in [6.45, 7) is 0. The summed E-state index contributed by atoms with van der Waals surface area (Å²) in [6.07, 6.45) is -0.0949. The first-order chi connectivity index (χ1) is 12.8. The van der Waals surface area contributed by atoms with Gasteiger partial charge in [-0.05, 0) is 36.4 Å². The molecule has 0 radical (unpaired) electrons. The first-order valence-electron chi connectivity index (χ1n) is 7.44. The zero-order valence-corrected chi connectivity index (χ0v) is 14.3. The molecule has 0 aliphatic heterocycles. The molecule has 0 unspecified atom stereocenters. The van der Waals surface area contributed by atoms with Crippen molar-refractivity contribution in [1.82, 2.24) is 19.8 Å². The van der Waals surface area contributed by atoms with Gasteiger partial charge in [0.1, 0.15) is 0 Å². The van der Waals surface area contributed by atoms with Crippen LogP contribution >= 0.6 is 0 Å². The van der Waals surface area contributed by atoms with E-state index in [1.54, 1.807) is 30.6 Å². The van der Waals surface area contributed by atoms with Crippen molar-refractivity contribution in [3.63, 3.8) is 0 Å². The van der Waals surface area contributed by atoms with Crippen LogP contribution < -0.4 is 10.3 Å². The maximum Gasteiger partial charge on any atom is 0.416 e. The van der Waals surface area contributed by atoms with Crippen LogP contribution in [0.15, 0.2) is 66.0 Å². The molecule has 27 heavy (non-hydrogen) atoms. The maximum atomic E-state index is 12.8. The van der Waals surface area contributed by atoms with Crippen LogP contribution in [0.2, 0.25) is 0 Å². The summed E-state index contributed by atoms with van der Waals surface area (Å²) in [5, 5.41) is 0. The van der Waals surface area contributed by atoms with Crippen LogP contribution in [0.5, 0.6) is 0 Å². The van der Waals surface area contributed by atoms with Gasteiger partial charge in [0.2, 0.25) is 5.95 Å². The van der Waals surface area contributed by atoms with Gasteiger partial charge >= 0.3 is 6.18 Å². The topological polar surface area (TPSA) is 96.9 Å². The first kappa shape index (κ1) is 18.7. The molecule has 0 fully saturated rings. The first-order valence-corrected chi connectivity index (χ1v) is 8.92. The molecule has 0 saturated heterocycles. The Hall–Kier alpha value is -3.05. The van der Waals surface area contributed by atoms with E-state index in [0.29, 0.717) is 17.3 Å². The molecule has 2 heterocycles. The van der Waals surface area contributed by atoms with E-state index in [0.717, 1.165) is 18.2 Å². The van der Waals surface area contributed by atoms with E-state index in [1.807, 2.05) is 4.83 Å². The molecule has 0 aliphatic rings. The van der Waals surface area contributed by atoms with E-state index < -0.39 is 26.7 Å². The average molecular weight is 395 g/mol. The van der Waals surface area contributed by atoms with Gasteiger partial charge in [0.25, 0.3) is 10.0 Å². The smallest absolute Gasteiger partial charge is 0.276 e. The molecule has 11 heteroatoms. The Bertz CT molecular complexity index is 1040. The number of nitrogens with zero attached hydrogens (tertiary/aromatic N) is 3. The molecule has 0 bridgehead atoms. The normalized spacial score (nSPS) is 12.0. The predicted octanol–water partition coefficient (Wildman–Crippen LogP) is 2.86. The lowest BCUT2D eigenvalue weighted by atomic mass is 10.2. The predicted molar refractivity (Wildman–Crippen MR) is 90.7 cm³/mol. The molecule has 0 spiro atoms. The van der Waals surface area contributed by atoms with Gasteiger partial charge in [0.15, 0.2) is 0 Å². The highest BCUT2D eigenvalue weighted by Crippen LogP contribution is 2.30. The Labute approximate surface area is 152 Å². The van der Waals surface area contributed by atoms with Crippen LogP contribution in [0.1, 0.15) is 5.56 Å². The molecule has 0 amide bonds. The summed E-state index contributed by atoms with van der Waals surface area (Å²) < 4.78 is 62.7. The monoisotopic (exact) mass is 395 g/mol. The number of hydrazine groups is 1. The molecule has 0 atom stereocenters. The highest BCUT2D eigenvalue weighted by atomic mass is 32.2. The van der Waals surface area contributed by atoms with Crippen LogP contribution in [0.4, 0.5) is 19.1 Å². The number of pyridine rings is 1. The van der Waals surface area contributed by atoms with Crippen LogP contribution in [0.25, 0.3) is 11.3 Å². The summed E-state index contributed by atoms with van der Waals surface area (Å²) in [6, 6.07) is 8.45. The average Bonchev–Trinajstić information content (AvgIpc) is 2.67. The molecule has 3 rings (SSSR count). The quantitative estimate of drug-likeness (QED) is 0.645. The highest BCUT2D eigenvalue weighted by molar-refractivity contribution is 7.89. The van der Waals surface area contributed by atoms with Gasteiger partial charge in [-0.3, -0.25) is 10.4 Å². The van der Waals surface area contributed by atoms with E-state index in [2.05, 4.69) is 20.4 Å². The molecule has 0 aliphatic carbocycles. The van der Waals surface area contributed by atoms with E-state index in [4.69, 9.17) is 0 Å². The van der Waals surface area contributed by atoms with Crippen molar-refractivity contribution in [2.45, 2.75) is 11.1 Å². The minimum absolute atomic E-state index is 0.0769. The van der Waals surface area contributed by atoms with Crippen molar-refractivity contribution in [3.8, 4) is 11.3 Å². The number of nitrogens with one attached hydrogen (secondary N) is 2. The second-order valence-electron chi connectivity index (χ2n) is 5.26. The van der Waals surface area contributed by atoms with Gasteiger partial charge in [-0.15, -0.1) is 4.83 Å². The van der Waals surface area contributed by atoms with E-state index >= 15 is 0 Å². The molecule has 7 nitrogen and oxygen atoms in total. The third kappa shape index (κ3) is 4.57. The molecule has 2 aromatic heterocycles. The fraction of sp³-hybridized carbons (Fsp3) is 0.0625. The van der Waals surface area contributed by atoms with Crippen molar-refractivity contribution < 1.29 is 21.6 Å². The maximum absolute atomic E-state index is 12.8. The van der Waals surface area contributed by atoms with Gasteiger partial charge in [-0.1, -0.05) is 6.07 Å². The summed E-state index contributed by atoms with van der Waals surface area (Å²) in [5.41, 5.74) is 2.39. The fourth-order valence-electron chi connectivity index (χ4n) is 2.11. The number of alkyl halides is 3. The lowest BCUT2D eigenvalue weighted by Crippen LogP contribution is -2.30. The highest BCUT2D eigenvalue weighted by Gasteiger charge is 2.31. The Morgan fingerprint density at radius 3 is 2.52 bits per heavy atom. The van der Waals surface area contributed by atoms with E-state index in [9.17, 15) is 21.6 Å². The summed E-state index contributed by atoms with van der Waals surface area (Å²) in [4.78, 5) is 13.4. The number of sulfonamides is 1. The molecule has 3 aromatic rings. The molecular formula is C16H12F3N5O2S. The number of hydrogen-bond acceptors (Lipinski definition) is 6. The number of anilines is 1. The Balaban J connectivity index is 1.78. The molecular weight excluding hydrogens is 383 g/mol. The molecule has 140 valence electrons. The Morgan fingerprint density at radius 2 is 1.81 bits per heavy atom.